The van der Waals surface area contributed by atoms with Crippen molar-refractivity contribution in [3.8, 4) is 0 Å². The van der Waals surface area contributed by atoms with Crippen LogP contribution in [0.15, 0.2) is 6.07 Å². The van der Waals surface area contributed by atoms with Crippen molar-refractivity contribution in [1.82, 2.24) is 9.97 Å². The summed E-state index contributed by atoms with van der Waals surface area (Å²) in [5.74, 6) is 2.08. The van der Waals surface area contributed by atoms with Gasteiger partial charge in [-0.25, -0.2) is 9.97 Å². The van der Waals surface area contributed by atoms with E-state index < -0.39 is 0 Å². The second kappa shape index (κ2) is 4.65. The monoisotopic (exact) mass is 222 g/mol. The number of ether oxygens (including phenoxy) is 1. The molecular weight excluding hydrogens is 204 g/mol. The topological polar surface area (TPSA) is 64.3 Å². The van der Waals surface area contributed by atoms with Crippen LogP contribution in [0.3, 0.4) is 0 Å². The molecule has 0 aromatic carbocycles. The molecule has 0 aliphatic carbocycles. The van der Waals surface area contributed by atoms with Crippen molar-refractivity contribution in [2.24, 2.45) is 0 Å². The third-order valence-electron chi connectivity index (χ3n) is 2.90. The first-order valence-electron chi connectivity index (χ1n) is 5.59. The van der Waals surface area contributed by atoms with Crippen LogP contribution in [0.5, 0.6) is 0 Å². The molecule has 0 saturated carbocycles. The lowest BCUT2D eigenvalue weighted by atomic mass is 10.2. The number of rotatable bonds is 3. The fraction of sp³-hybridized carbons (Fsp3) is 0.636. The summed E-state index contributed by atoms with van der Waals surface area (Å²) in [6.45, 7) is 3.66. The molecule has 1 atom stereocenters. The maximum absolute atomic E-state index is 5.77. The van der Waals surface area contributed by atoms with Crippen molar-refractivity contribution >= 4 is 11.6 Å². The Hall–Kier alpha value is -1.36. The first-order valence-corrected chi connectivity index (χ1v) is 5.59. The predicted molar refractivity (Wildman–Crippen MR) is 63.2 cm³/mol. The Morgan fingerprint density at radius 1 is 1.56 bits per heavy atom. The smallest absolute Gasteiger partial charge is 0.158 e. The molecule has 1 unspecified atom stereocenters. The highest BCUT2D eigenvalue weighted by molar-refractivity contribution is 5.48. The molecule has 1 aromatic rings. The van der Waals surface area contributed by atoms with E-state index in [0.29, 0.717) is 24.3 Å². The summed E-state index contributed by atoms with van der Waals surface area (Å²) in [5, 5.41) is 0. The molecule has 1 aliphatic heterocycles. The molecule has 0 radical (unpaired) electrons. The second-order valence-corrected chi connectivity index (χ2v) is 4.18. The number of anilines is 2. The van der Waals surface area contributed by atoms with Gasteiger partial charge >= 0.3 is 0 Å². The van der Waals surface area contributed by atoms with Crippen LogP contribution in [0.25, 0.3) is 0 Å². The van der Waals surface area contributed by atoms with Gasteiger partial charge in [0.25, 0.3) is 0 Å². The van der Waals surface area contributed by atoms with Crippen LogP contribution in [0.1, 0.15) is 25.6 Å². The maximum Gasteiger partial charge on any atom is 0.158 e. The second-order valence-electron chi connectivity index (χ2n) is 4.18. The SMILES string of the molecule is COCc1nc(N)cc(N2CCCC2C)n1. The highest BCUT2D eigenvalue weighted by atomic mass is 16.5. The van der Waals surface area contributed by atoms with Crippen LogP contribution < -0.4 is 10.6 Å². The van der Waals surface area contributed by atoms with Crippen LogP contribution in [-0.2, 0) is 11.3 Å². The summed E-state index contributed by atoms with van der Waals surface area (Å²) in [5.41, 5.74) is 5.77. The molecule has 1 fully saturated rings. The van der Waals surface area contributed by atoms with E-state index in [4.69, 9.17) is 10.5 Å². The zero-order valence-corrected chi connectivity index (χ0v) is 9.81. The molecule has 0 amide bonds. The zero-order valence-electron chi connectivity index (χ0n) is 9.81. The van der Waals surface area contributed by atoms with Crippen molar-refractivity contribution in [3.63, 3.8) is 0 Å². The standard InChI is InChI=1S/C11H18N4O/c1-8-4-3-5-15(8)11-6-9(12)13-10(14-11)7-16-2/h6,8H,3-5,7H2,1-2H3,(H2,12,13,14). The van der Waals surface area contributed by atoms with Gasteiger partial charge in [0.05, 0.1) is 0 Å². The number of nitrogens with two attached hydrogens (primary N) is 1. The Bertz CT molecular complexity index is 369. The van der Waals surface area contributed by atoms with Gasteiger partial charge in [0.15, 0.2) is 5.82 Å². The number of aromatic nitrogens is 2. The minimum Gasteiger partial charge on any atom is -0.384 e. The van der Waals surface area contributed by atoms with Crippen molar-refractivity contribution < 1.29 is 4.74 Å². The van der Waals surface area contributed by atoms with Crippen molar-refractivity contribution in [3.05, 3.63) is 11.9 Å². The fourth-order valence-electron chi connectivity index (χ4n) is 2.12. The summed E-state index contributed by atoms with van der Waals surface area (Å²) in [6, 6.07) is 2.37. The Morgan fingerprint density at radius 2 is 2.38 bits per heavy atom. The van der Waals surface area contributed by atoms with Crippen LogP contribution in [0, 0.1) is 0 Å². The zero-order chi connectivity index (χ0) is 11.5. The third-order valence-corrected chi connectivity index (χ3v) is 2.90. The molecule has 1 saturated heterocycles. The summed E-state index contributed by atoms with van der Waals surface area (Å²) in [7, 11) is 1.63. The minimum atomic E-state index is 0.403. The van der Waals surface area contributed by atoms with Crippen LogP contribution >= 0.6 is 0 Å². The molecular formula is C11H18N4O. The largest absolute Gasteiger partial charge is 0.384 e. The molecule has 0 bridgehead atoms. The summed E-state index contributed by atoms with van der Waals surface area (Å²) in [4.78, 5) is 10.9. The molecule has 2 rings (SSSR count). The third kappa shape index (κ3) is 2.24. The molecule has 0 spiro atoms. The molecule has 16 heavy (non-hydrogen) atoms. The number of nitrogens with zero attached hydrogens (tertiary/aromatic N) is 3. The van der Waals surface area contributed by atoms with Gasteiger partial charge in [0.1, 0.15) is 18.2 Å². The van der Waals surface area contributed by atoms with E-state index in [1.165, 1.54) is 12.8 Å². The molecule has 1 aromatic heterocycles. The van der Waals surface area contributed by atoms with Gasteiger partial charge in [-0.15, -0.1) is 0 Å². The quantitative estimate of drug-likeness (QED) is 0.832. The van der Waals surface area contributed by atoms with Gasteiger partial charge in [-0.05, 0) is 19.8 Å². The predicted octanol–water partition coefficient (Wildman–Crippen LogP) is 1.19. The van der Waals surface area contributed by atoms with Gasteiger partial charge in [-0.2, -0.15) is 0 Å². The van der Waals surface area contributed by atoms with E-state index >= 15 is 0 Å². The normalized spacial score (nSPS) is 20.4. The molecule has 5 heteroatoms. The maximum atomic E-state index is 5.77. The van der Waals surface area contributed by atoms with E-state index in [1.54, 1.807) is 7.11 Å². The van der Waals surface area contributed by atoms with E-state index in [9.17, 15) is 0 Å². The molecule has 2 heterocycles. The van der Waals surface area contributed by atoms with Crippen LogP contribution in [-0.4, -0.2) is 29.7 Å². The first-order chi connectivity index (χ1) is 7.70. The lowest BCUT2D eigenvalue weighted by molar-refractivity contribution is 0.178. The van der Waals surface area contributed by atoms with E-state index in [2.05, 4.69) is 21.8 Å². The average molecular weight is 222 g/mol. The Labute approximate surface area is 95.6 Å². The number of nitrogen functional groups attached to an aromatic ring is 1. The summed E-state index contributed by atoms with van der Waals surface area (Å²) in [6.07, 6.45) is 2.42. The lowest BCUT2D eigenvalue weighted by Gasteiger charge is -2.23. The Balaban J connectivity index is 2.25. The average Bonchev–Trinajstić information content (AvgIpc) is 2.64. The van der Waals surface area contributed by atoms with Gasteiger partial charge in [0.2, 0.25) is 0 Å². The van der Waals surface area contributed by atoms with Crippen LogP contribution in [0.4, 0.5) is 11.6 Å². The van der Waals surface area contributed by atoms with Crippen LogP contribution in [0.2, 0.25) is 0 Å². The van der Waals surface area contributed by atoms with Gasteiger partial charge in [-0.1, -0.05) is 0 Å². The summed E-state index contributed by atoms with van der Waals surface area (Å²) >= 11 is 0. The van der Waals surface area contributed by atoms with Crippen molar-refractivity contribution in [2.75, 3.05) is 24.3 Å². The number of methoxy groups -OCH3 is 1. The van der Waals surface area contributed by atoms with Gasteiger partial charge in [-0.3, -0.25) is 0 Å². The fourth-order valence-corrected chi connectivity index (χ4v) is 2.12. The van der Waals surface area contributed by atoms with E-state index in [0.717, 1.165) is 12.4 Å². The lowest BCUT2D eigenvalue weighted by Crippen LogP contribution is -2.27. The van der Waals surface area contributed by atoms with E-state index in [-0.39, 0.29) is 0 Å². The molecule has 88 valence electrons. The Morgan fingerprint density at radius 3 is 3.00 bits per heavy atom. The Kier molecular flexibility index (Phi) is 3.24. The molecule has 5 nitrogen and oxygen atoms in total. The van der Waals surface area contributed by atoms with E-state index in [1.807, 2.05) is 6.07 Å². The number of hydrogen-bond acceptors (Lipinski definition) is 5. The first kappa shape index (κ1) is 11.1. The minimum absolute atomic E-state index is 0.403. The van der Waals surface area contributed by atoms with Crippen molar-refractivity contribution in [1.29, 1.82) is 0 Å². The summed E-state index contributed by atoms with van der Waals surface area (Å²) < 4.78 is 5.03. The van der Waals surface area contributed by atoms with Gasteiger partial charge in [0, 0.05) is 25.8 Å². The molecule has 2 N–H and O–H groups in total. The molecule has 1 aliphatic rings. The number of hydrogen-bond donors (Lipinski definition) is 1. The highest BCUT2D eigenvalue weighted by Gasteiger charge is 2.22. The highest BCUT2D eigenvalue weighted by Crippen LogP contribution is 2.24. The van der Waals surface area contributed by atoms with Crippen molar-refractivity contribution in [2.45, 2.75) is 32.4 Å². The van der Waals surface area contributed by atoms with Gasteiger partial charge < -0.3 is 15.4 Å².